The first kappa shape index (κ1) is 21.9. The molecule has 5 rings (SSSR count). The summed E-state index contributed by atoms with van der Waals surface area (Å²) in [7, 11) is 0. The smallest absolute Gasteiger partial charge is 0.274 e. The third kappa shape index (κ3) is 4.32. The number of primary amides is 1. The molecule has 0 saturated heterocycles. The van der Waals surface area contributed by atoms with Crippen molar-refractivity contribution in [1.82, 2.24) is 0 Å². The second-order valence-electron chi connectivity index (χ2n) is 7.79. The van der Waals surface area contributed by atoms with E-state index in [4.69, 9.17) is 15.2 Å². The lowest BCUT2D eigenvalue weighted by molar-refractivity contribution is -0.119. The van der Waals surface area contributed by atoms with Crippen LogP contribution in [0.15, 0.2) is 65.1 Å². The highest BCUT2D eigenvalue weighted by Gasteiger charge is 2.37. The molecule has 1 aromatic heterocycles. The summed E-state index contributed by atoms with van der Waals surface area (Å²) in [5.74, 6) is -0.224. The average Bonchev–Trinajstić information content (AvgIpc) is 3.53. The predicted molar refractivity (Wildman–Crippen MR) is 127 cm³/mol. The summed E-state index contributed by atoms with van der Waals surface area (Å²) in [6.07, 6.45) is 0.0387. The summed E-state index contributed by atoms with van der Waals surface area (Å²) in [6.45, 7) is 1.20. The highest BCUT2D eigenvalue weighted by atomic mass is 32.1. The number of nitrogens with two attached hydrogens (primary N) is 1. The minimum Gasteiger partial charge on any atom is -0.486 e. The lowest BCUT2D eigenvalue weighted by Crippen LogP contribution is -2.40. The fourth-order valence-electron chi connectivity index (χ4n) is 3.89. The maximum absolute atomic E-state index is 13.7. The van der Waals surface area contributed by atoms with E-state index in [9.17, 15) is 14.0 Å². The summed E-state index contributed by atoms with van der Waals surface area (Å²) in [5.41, 5.74) is 6.87. The molecule has 0 bridgehead atoms. The van der Waals surface area contributed by atoms with Crippen molar-refractivity contribution < 1.29 is 23.5 Å². The molecule has 0 fully saturated rings. The highest BCUT2D eigenvalue weighted by Crippen LogP contribution is 2.35. The zero-order valence-electron chi connectivity index (χ0n) is 18.0. The summed E-state index contributed by atoms with van der Waals surface area (Å²) in [6, 6.07) is 13.8. The van der Waals surface area contributed by atoms with E-state index in [0.717, 1.165) is 4.88 Å². The Labute approximate surface area is 199 Å². The van der Waals surface area contributed by atoms with Gasteiger partial charge in [-0.15, -0.1) is 11.3 Å². The topological polar surface area (TPSA) is 97.5 Å². The summed E-state index contributed by atoms with van der Waals surface area (Å²) in [5, 5.41) is 7.75. The molecule has 1 atom stereocenters. The van der Waals surface area contributed by atoms with Crippen LogP contribution >= 0.6 is 11.3 Å². The van der Waals surface area contributed by atoms with Crippen molar-refractivity contribution in [1.29, 1.82) is 0 Å². The van der Waals surface area contributed by atoms with Crippen molar-refractivity contribution in [2.45, 2.75) is 19.0 Å². The van der Waals surface area contributed by atoms with E-state index in [0.29, 0.717) is 42.6 Å². The van der Waals surface area contributed by atoms with E-state index >= 15 is 0 Å². The van der Waals surface area contributed by atoms with E-state index in [1.807, 2.05) is 17.5 Å². The number of nitrogens with zero attached hydrogens (tertiary/aromatic N) is 3. The van der Waals surface area contributed by atoms with Crippen LogP contribution in [-0.4, -0.2) is 36.8 Å². The largest absolute Gasteiger partial charge is 0.486 e. The molecular weight excluding hydrogens is 459 g/mol. The number of anilines is 2. The standard InChI is InChI=1S/C24H21FN4O4S/c25-15-3-5-16(6-4-15)29-20(23(26)30)13-19(27-29)24(31)28(14-18-2-1-11-34-18)17-7-8-21-22(12-17)33-10-9-32-21/h1-8,11-12,20H,9-10,13-14H2,(H2,26,30). The van der Waals surface area contributed by atoms with Gasteiger partial charge in [0.15, 0.2) is 11.5 Å². The van der Waals surface area contributed by atoms with Crippen molar-refractivity contribution in [3.63, 3.8) is 0 Å². The van der Waals surface area contributed by atoms with Gasteiger partial charge in [-0.3, -0.25) is 14.6 Å². The van der Waals surface area contributed by atoms with Gasteiger partial charge in [-0.2, -0.15) is 5.10 Å². The predicted octanol–water partition coefficient (Wildman–Crippen LogP) is 3.31. The van der Waals surface area contributed by atoms with Crippen LogP contribution < -0.4 is 25.1 Å². The molecule has 0 aliphatic carbocycles. The molecule has 2 N–H and O–H groups in total. The Morgan fingerprint density at radius 3 is 2.59 bits per heavy atom. The second-order valence-corrected chi connectivity index (χ2v) is 8.82. The monoisotopic (exact) mass is 480 g/mol. The summed E-state index contributed by atoms with van der Waals surface area (Å²) in [4.78, 5) is 28.5. The SMILES string of the molecule is NC(=O)C1CC(C(=O)N(Cc2cccs2)c2ccc3c(c2)OCCO3)=NN1c1ccc(F)cc1. The van der Waals surface area contributed by atoms with E-state index in [1.165, 1.54) is 40.6 Å². The number of fused-ring (bicyclic) bond motifs is 1. The number of rotatable bonds is 6. The van der Waals surface area contributed by atoms with Crippen LogP contribution in [0.25, 0.3) is 0 Å². The quantitative estimate of drug-likeness (QED) is 0.584. The number of halogens is 1. The molecular formula is C24H21FN4O4S. The van der Waals surface area contributed by atoms with Crippen LogP contribution in [0.3, 0.4) is 0 Å². The third-order valence-electron chi connectivity index (χ3n) is 5.55. The highest BCUT2D eigenvalue weighted by molar-refractivity contribution is 7.09. The van der Waals surface area contributed by atoms with Gasteiger partial charge in [0.2, 0.25) is 5.91 Å². The zero-order chi connectivity index (χ0) is 23.7. The van der Waals surface area contributed by atoms with Gasteiger partial charge >= 0.3 is 0 Å². The van der Waals surface area contributed by atoms with Crippen molar-refractivity contribution in [2.75, 3.05) is 23.1 Å². The average molecular weight is 481 g/mol. The minimum atomic E-state index is -0.853. The molecule has 2 aromatic carbocycles. The van der Waals surface area contributed by atoms with Crippen LogP contribution in [0.2, 0.25) is 0 Å². The first-order valence-electron chi connectivity index (χ1n) is 10.6. The molecule has 0 radical (unpaired) electrons. The van der Waals surface area contributed by atoms with Crippen molar-refractivity contribution in [3.8, 4) is 11.5 Å². The Hall–Kier alpha value is -3.92. The lowest BCUT2D eigenvalue weighted by Gasteiger charge is -2.25. The van der Waals surface area contributed by atoms with Crippen LogP contribution in [0.5, 0.6) is 11.5 Å². The van der Waals surface area contributed by atoms with E-state index in [1.54, 1.807) is 23.1 Å². The number of amides is 2. The van der Waals surface area contributed by atoms with Gasteiger partial charge < -0.3 is 20.1 Å². The Bertz CT molecular complexity index is 1250. The molecule has 8 nitrogen and oxygen atoms in total. The number of carbonyl (C=O) groups is 2. The lowest BCUT2D eigenvalue weighted by atomic mass is 10.1. The number of ether oxygens (including phenoxy) is 2. The molecule has 0 spiro atoms. The molecule has 1 unspecified atom stereocenters. The van der Waals surface area contributed by atoms with Gasteiger partial charge in [-0.05, 0) is 47.8 Å². The molecule has 2 aliphatic rings. The fraction of sp³-hybridized carbons (Fsp3) is 0.208. The number of carbonyl (C=O) groups excluding carboxylic acids is 2. The maximum Gasteiger partial charge on any atom is 0.274 e. The Kier molecular flexibility index (Phi) is 5.89. The number of thiophene rings is 1. The van der Waals surface area contributed by atoms with Gasteiger partial charge in [0.1, 0.15) is 30.8 Å². The molecule has 2 aliphatic heterocycles. The molecule has 3 heterocycles. The van der Waals surface area contributed by atoms with Gasteiger partial charge in [-0.1, -0.05) is 6.07 Å². The molecule has 3 aromatic rings. The third-order valence-corrected chi connectivity index (χ3v) is 6.41. The van der Waals surface area contributed by atoms with Gasteiger partial charge in [-0.25, -0.2) is 4.39 Å². The normalized spacial score (nSPS) is 16.8. The van der Waals surface area contributed by atoms with Crippen LogP contribution in [0.1, 0.15) is 11.3 Å². The van der Waals surface area contributed by atoms with Gasteiger partial charge in [0.25, 0.3) is 5.91 Å². The molecule has 0 saturated carbocycles. The van der Waals surface area contributed by atoms with Crippen molar-refractivity contribution in [3.05, 3.63) is 70.7 Å². The van der Waals surface area contributed by atoms with Crippen LogP contribution in [-0.2, 0) is 16.1 Å². The Balaban J connectivity index is 1.49. The first-order chi connectivity index (χ1) is 16.5. The number of benzene rings is 2. The maximum atomic E-state index is 13.7. The van der Waals surface area contributed by atoms with Crippen LogP contribution in [0, 0.1) is 5.82 Å². The number of hydrogen-bond donors (Lipinski definition) is 1. The van der Waals surface area contributed by atoms with Gasteiger partial charge in [0.05, 0.1) is 12.2 Å². The molecule has 174 valence electrons. The van der Waals surface area contributed by atoms with Gasteiger partial charge in [0, 0.05) is 23.1 Å². The summed E-state index contributed by atoms with van der Waals surface area (Å²) < 4.78 is 24.7. The Morgan fingerprint density at radius 1 is 1.12 bits per heavy atom. The molecule has 10 heteroatoms. The second kappa shape index (κ2) is 9.14. The number of hydrogen-bond acceptors (Lipinski definition) is 7. The van der Waals surface area contributed by atoms with E-state index in [2.05, 4.69) is 5.10 Å². The minimum absolute atomic E-state index is 0.0387. The van der Waals surface area contributed by atoms with Crippen molar-refractivity contribution >= 4 is 40.2 Å². The first-order valence-corrected chi connectivity index (χ1v) is 11.5. The van der Waals surface area contributed by atoms with E-state index in [-0.39, 0.29) is 18.0 Å². The van der Waals surface area contributed by atoms with Crippen molar-refractivity contribution in [2.24, 2.45) is 10.8 Å². The summed E-state index contributed by atoms with van der Waals surface area (Å²) >= 11 is 1.53. The molecule has 2 amide bonds. The number of hydrazone groups is 1. The Morgan fingerprint density at radius 2 is 1.88 bits per heavy atom. The zero-order valence-corrected chi connectivity index (χ0v) is 18.8. The van der Waals surface area contributed by atoms with Crippen LogP contribution in [0.4, 0.5) is 15.8 Å². The molecule has 34 heavy (non-hydrogen) atoms. The fourth-order valence-corrected chi connectivity index (χ4v) is 4.58. The van der Waals surface area contributed by atoms with E-state index < -0.39 is 17.8 Å².